The summed E-state index contributed by atoms with van der Waals surface area (Å²) in [5.41, 5.74) is 3.64. The standard InChI is InChI=1S/C12H18N2O3S/c1-17-11-5-3-2-4-10(11)12(14-13)9-6-7-18(15,16)8-9/h2-5,9,12,14H,6-8,13H2,1H3. The van der Waals surface area contributed by atoms with Gasteiger partial charge in [-0.3, -0.25) is 11.3 Å². The van der Waals surface area contributed by atoms with Crippen molar-refractivity contribution in [3.05, 3.63) is 29.8 Å². The molecule has 0 amide bonds. The Morgan fingerprint density at radius 3 is 2.72 bits per heavy atom. The average molecular weight is 270 g/mol. The Morgan fingerprint density at radius 2 is 2.17 bits per heavy atom. The molecule has 1 aliphatic rings. The molecule has 2 rings (SSSR count). The highest BCUT2D eigenvalue weighted by molar-refractivity contribution is 7.91. The van der Waals surface area contributed by atoms with Gasteiger partial charge in [-0.25, -0.2) is 8.42 Å². The molecular formula is C12H18N2O3S. The van der Waals surface area contributed by atoms with Crippen LogP contribution < -0.4 is 16.0 Å². The van der Waals surface area contributed by atoms with E-state index in [1.54, 1.807) is 7.11 Å². The minimum absolute atomic E-state index is 0.00343. The number of methoxy groups -OCH3 is 1. The Bertz CT molecular complexity index is 516. The number of hydrazine groups is 1. The Kier molecular flexibility index (Phi) is 3.89. The summed E-state index contributed by atoms with van der Waals surface area (Å²) >= 11 is 0. The summed E-state index contributed by atoms with van der Waals surface area (Å²) in [6, 6.07) is 7.34. The SMILES string of the molecule is COc1ccccc1C(NN)C1CCS(=O)(=O)C1. The van der Waals surface area contributed by atoms with Crippen LogP contribution in [0.25, 0.3) is 0 Å². The third-order valence-corrected chi connectivity index (χ3v) is 5.19. The van der Waals surface area contributed by atoms with Crippen molar-refractivity contribution in [1.82, 2.24) is 5.43 Å². The molecule has 5 nitrogen and oxygen atoms in total. The molecule has 100 valence electrons. The first-order valence-corrected chi connectivity index (χ1v) is 7.69. The topological polar surface area (TPSA) is 81.4 Å². The van der Waals surface area contributed by atoms with Crippen molar-refractivity contribution in [3.63, 3.8) is 0 Å². The maximum atomic E-state index is 11.5. The van der Waals surface area contributed by atoms with Crippen LogP contribution in [0.4, 0.5) is 0 Å². The van der Waals surface area contributed by atoms with E-state index < -0.39 is 9.84 Å². The maximum absolute atomic E-state index is 11.5. The fourth-order valence-electron chi connectivity index (χ4n) is 2.49. The lowest BCUT2D eigenvalue weighted by molar-refractivity contribution is 0.364. The third kappa shape index (κ3) is 2.66. The van der Waals surface area contributed by atoms with Crippen LogP contribution in [-0.2, 0) is 9.84 Å². The Labute approximate surface area is 107 Å². The molecule has 0 spiro atoms. The van der Waals surface area contributed by atoms with Crippen LogP contribution in [-0.4, -0.2) is 27.0 Å². The molecule has 3 N–H and O–H groups in total. The summed E-state index contributed by atoms with van der Waals surface area (Å²) in [6.45, 7) is 0. The molecule has 2 atom stereocenters. The zero-order valence-electron chi connectivity index (χ0n) is 10.3. The van der Waals surface area contributed by atoms with Crippen molar-refractivity contribution in [1.29, 1.82) is 0 Å². The van der Waals surface area contributed by atoms with E-state index in [2.05, 4.69) is 5.43 Å². The van der Waals surface area contributed by atoms with E-state index in [9.17, 15) is 8.42 Å². The number of hydrogen-bond acceptors (Lipinski definition) is 5. The molecule has 6 heteroatoms. The molecule has 0 radical (unpaired) electrons. The van der Waals surface area contributed by atoms with Gasteiger partial charge < -0.3 is 4.74 Å². The van der Waals surface area contributed by atoms with Gasteiger partial charge in [-0.2, -0.15) is 0 Å². The number of para-hydroxylation sites is 1. The van der Waals surface area contributed by atoms with Crippen LogP contribution in [0, 0.1) is 5.92 Å². The van der Waals surface area contributed by atoms with Gasteiger partial charge in [0.1, 0.15) is 5.75 Å². The lowest BCUT2D eigenvalue weighted by Crippen LogP contribution is -2.34. The van der Waals surface area contributed by atoms with Crippen LogP contribution >= 0.6 is 0 Å². The lowest BCUT2D eigenvalue weighted by atomic mass is 9.92. The van der Waals surface area contributed by atoms with Crippen LogP contribution in [0.15, 0.2) is 24.3 Å². The number of hydrogen-bond donors (Lipinski definition) is 2. The van der Waals surface area contributed by atoms with Gasteiger partial charge in [0.15, 0.2) is 9.84 Å². The van der Waals surface area contributed by atoms with E-state index in [1.807, 2.05) is 24.3 Å². The third-order valence-electron chi connectivity index (χ3n) is 3.39. The van der Waals surface area contributed by atoms with E-state index in [0.717, 1.165) is 11.3 Å². The van der Waals surface area contributed by atoms with Crippen molar-refractivity contribution >= 4 is 9.84 Å². The average Bonchev–Trinajstić information content (AvgIpc) is 2.71. The van der Waals surface area contributed by atoms with Gasteiger partial charge >= 0.3 is 0 Å². The molecule has 0 aliphatic carbocycles. The van der Waals surface area contributed by atoms with E-state index >= 15 is 0 Å². The maximum Gasteiger partial charge on any atom is 0.150 e. The molecule has 1 saturated heterocycles. The first kappa shape index (κ1) is 13.3. The van der Waals surface area contributed by atoms with Crippen molar-refractivity contribution in [2.75, 3.05) is 18.6 Å². The summed E-state index contributed by atoms with van der Waals surface area (Å²) < 4.78 is 28.4. The van der Waals surface area contributed by atoms with Gasteiger partial charge in [-0.15, -0.1) is 0 Å². The molecule has 0 bridgehead atoms. The summed E-state index contributed by atoms with van der Waals surface area (Å²) in [5.74, 6) is 6.74. The highest BCUT2D eigenvalue weighted by atomic mass is 32.2. The molecule has 1 heterocycles. The largest absolute Gasteiger partial charge is 0.496 e. The highest BCUT2D eigenvalue weighted by Crippen LogP contribution is 2.35. The monoisotopic (exact) mass is 270 g/mol. The zero-order chi connectivity index (χ0) is 13.2. The predicted molar refractivity (Wildman–Crippen MR) is 69.8 cm³/mol. The zero-order valence-corrected chi connectivity index (χ0v) is 11.1. The number of sulfone groups is 1. The van der Waals surface area contributed by atoms with Crippen molar-refractivity contribution in [2.24, 2.45) is 11.8 Å². The van der Waals surface area contributed by atoms with Gasteiger partial charge in [-0.05, 0) is 18.4 Å². The fraction of sp³-hybridized carbons (Fsp3) is 0.500. The van der Waals surface area contributed by atoms with Crippen LogP contribution in [0.5, 0.6) is 5.75 Å². The number of nitrogens with one attached hydrogen (secondary N) is 1. The van der Waals surface area contributed by atoms with Gasteiger partial charge in [0.05, 0.1) is 24.7 Å². The number of ether oxygens (including phenoxy) is 1. The molecule has 0 aromatic heterocycles. The molecule has 1 fully saturated rings. The van der Waals surface area contributed by atoms with Crippen molar-refractivity contribution in [2.45, 2.75) is 12.5 Å². The Hall–Kier alpha value is -1.11. The summed E-state index contributed by atoms with van der Waals surface area (Å²) in [6.07, 6.45) is 0.634. The van der Waals surface area contributed by atoms with Crippen LogP contribution in [0.2, 0.25) is 0 Å². The highest BCUT2D eigenvalue weighted by Gasteiger charge is 2.35. The molecule has 18 heavy (non-hydrogen) atoms. The molecule has 0 saturated carbocycles. The van der Waals surface area contributed by atoms with Gasteiger partial charge in [0.25, 0.3) is 0 Å². The lowest BCUT2D eigenvalue weighted by Gasteiger charge is -2.23. The van der Waals surface area contributed by atoms with Gasteiger partial charge in [0.2, 0.25) is 0 Å². The smallest absolute Gasteiger partial charge is 0.150 e. The van der Waals surface area contributed by atoms with Crippen LogP contribution in [0.1, 0.15) is 18.0 Å². The number of nitrogens with two attached hydrogens (primary N) is 1. The van der Waals surface area contributed by atoms with Crippen LogP contribution in [0.3, 0.4) is 0 Å². The first-order valence-electron chi connectivity index (χ1n) is 5.87. The Morgan fingerprint density at radius 1 is 1.44 bits per heavy atom. The van der Waals surface area contributed by atoms with E-state index in [0.29, 0.717) is 6.42 Å². The van der Waals surface area contributed by atoms with E-state index in [-0.39, 0.29) is 23.5 Å². The quantitative estimate of drug-likeness (QED) is 0.619. The second kappa shape index (κ2) is 5.26. The van der Waals surface area contributed by atoms with E-state index in [4.69, 9.17) is 10.6 Å². The number of rotatable bonds is 4. The minimum atomic E-state index is -2.91. The molecule has 1 aromatic carbocycles. The second-order valence-corrected chi connectivity index (χ2v) is 6.78. The van der Waals surface area contributed by atoms with Crippen molar-refractivity contribution < 1.29 is 13.2 Å². The Balaban J connectivity index is 2.29. The van der Waals surface area contributed by atoms with Crippen molar-refractivity contribution in [3.8, 4) is 5.75 Å². The second-order valence-electron chi connectivity index (χ2n) is 4.55. The summed E-state index contributed by atoms with van der Waals surface area (Å²) in [7, 11) is -1.32. The summed E-state index contributed by atoms with van der Waals surface area (Å²) in [4.78, 5) is 0. The molecule has 1 aliphatic heterocycles. The molecule has 1 aromatic rings. The first-order chi connectivity index (χ1) is 8.57. The normalized spacial score (nSPS) is 23.8. The van der Waals surface area contributed by atoms with E-state index in [1.165, 1.54) is 0 Å². The summed E-state index contributed by atoms with van der Waals surface area (Å²) in [5, 5.41) is 0. The molecule has 2 unspecified atom stereocenters. The fourth-order valence-corrected chi connectivity index (χ4v) is 4.33. The van der Waals surface area contributed by atoms with Gasteiger partial charge in [0, 0.05) is 5.56 Å². The predicted octanol–water partition coefficient (Wildman–Crippen LogP) is 0.634. The minimum Gasteiger partial charge on any atom is -0.496 e. The number of benzene rings is 1. The van der Waals surface area contributed by atoms with Gasteiger partial charge in [-0.1, -0.05) is 18.2 Å². The molecular weight excluding hydrogens is 252 g/mol.